The number of carbonyl (C=O) groups excluding carboxylic acids is 2. The number of rotatable bonds is 2. The van der Waals surface area contributed by atoms with Crippen LogP contribution in [0.2, 0.25) is 0 Å². The van der Waals surface area contributed by atoms with Gasteiger partial charge in [0.1, 0.15) is 0 Å². The second-order valence-electron chi connectivity index (χ2n) is 2.48. The third kappa shape index (κ3) is 2.18. The zero-order valence-corrected chi connectivity index (χ0v) is 7.07. The van der Waals surface area contributed by atoms with Gasteiger partial charge in [-0.2, -0.15) is 0 Å². The Morgan fingerprint density at radius 1 is 1.54 bits per heavy atom. The van der Waals surface area contributed by atoms with E-state index < -0.39 is 12.0 Å². The van der Waals surface area contributed by atoms with Crippen molar-refractivity contribution < 1.29 is 19.2 Å². The second kappa shape index (κ2) is 4.81. The van der Waals surface area contributed by atoms with Gasteiger partial charge in [-0.1, -0.05) is 7.43 Å². The highest BCUT2D eigenvalue weighted by atomic mass is 16.7. The summed E-state index contributed by atoms with van der Waals surface area (Å²) in [6, 6.07) is -0.563. The smallest absolute Gasteiger partial charge is 0.331 e. The largest absolute Gasteiger partial charge is 0.467 e. The van der Waals surface area contributed by atoms with Crippen molar-refractivity contribution in [1.82, 2.24) is 5.06 Å². The molecule has 5 nitrogen and oxygen atoms in total. The fourth-order valence-corrected chi connectivity index (χ4v) is 1.24. The van der Waals surface area contributed by atoms with E-state index in [-0.39, 0.29) is 13.3 Å². The average Bonchev–Trinajstić information content (AvgIpc) is 2.45. The molecular formula is C8H15NO4. The van der Waals surface area contributed by atoms with Crippen LogP contribution >= 0.6 is 0 Å². The molecule has 1 aliphatic heterocycles. The van der Waals surface area contributed by atoms with Crippen LogP contribution in [0.5, 0.6) is 0 Å². The van der Waals surface area contributed by atoms with Gasteiger partial charge in [-0.25, -0.2) is 9.86 Å². The van der Waals surface area contributed by atoms with Crippen molar-refractivity contribution in [2.24, 2.45) is 0 Å². The molecule has 1 fully saturated rings. The van der Waals surface area contributed by atoms with Crippen LogP contribution in [-0.2, 0) is 19.2 Å². The fourth-order valence-electron chi connectivity index (χ4n) is 1.24. The lowest BCUT2D eigenvalue weighted by Crippen LogP contribution is -2.38. The predicted octanol–water partition coefficient (Wildman–Crippen LogP) is 0.348. The molecule has 1 amide bonds. The molecule has 0 aromatic carbocycles. The Bertz CT molecular complexity index is 204. The normalized spacial score (nSPS) is 21.2. The molecule has 1 heterocycles. The molecule has 1 aliphatic rings. The maximum Gasteiger partial charge on any atom is 0.331 e. The van der Waals surface area contributed by atoms with Crippen LogP contribution in [-0.4, -0.2) is 37.2 Å². The molecule has 0 saturated carbocycles. The topological polar surface area (TPSA) is 55.8 Å². The molecule has 0 spiro atoms. The number of carbonyl (C=O) groups is 2. The van der Waals surface area contributed by atoms with Crippen LogP contribution in [0.3, 0.4) is 0 Å². The first kappa shape index (κ1) is 11.9. The lowest BCUT2D eigenvalue weighted by molar-refractivity contribution is -0.187. The standard InChI is InChI=1S/C7H11NO4.CH4/c1-11-7(10)5-3-4-6(9)8(5)12-2;/h5H,3-4H2,1-2H3;1H4. The number of amides is 1. The van der Waals surface area contributed by atoms with Gasteiger partial charge in [-0.05, 0) is 6.42 Å². The first-order chi connectivity index (χ1) is 5.70. The molecule has 13 heavy (non-hydrogen) atoms. The Labute approximate surface area is 77.6 Å². The minimum atomic E-state index is -0.563. The van der Waals surface area contributed by atoms with Crippen molar-refractivity contribution in [1.29, 1.82) is 0 Å². The van der Waals surface area contributed by atoms with Gasteiger partial charge in [0, 0.05) is 6.42 Å². The number of esters is 1. The maximum absolute atomic E-state index is 11.0. The summed E-state index contributed by atoms with van der Waals surface area (Å²) < 4.78 is 4.50. The fraction of sp³-hybridized carbons (Fsp3) is 0.750. The first-order valence-corrected chi connectivity index (χ1v) is 3.64. The Balaban J connectivity index is 0.00000144. The molecule has 1 atom stereocenters. The lowest BCUT2D eigenvalue weighted by atomic mass is 10.2. The van der Waals surface area contributed by atoms with E-state index in [2.05, 4.69) is 4.74 Å². The zero-order valence-electron chi connectivity index (χ0n) is 7.07. The molecule has 0 bridgehead atoms. The number of hydroxylamine groups is 2. The number of hydrogen-bond acceptors (Lipinski definition) is 4. The molecule has 0 aromatic heterocycles. The van der Waals surface area contributed by atoms with E-state index in [0.717, 1.165) is 5.06 Å². The van der Waals surface area contributed by atoms with Crippen molar-refractivity contribution in [2.75, 3.05) is 14.2 Å². The Hall–Kier alpha value is -1.10. The van der Waals surface area contributed by atoms with Crippen molar-refractivity contribution in [3.63, 3.8) is 0 Å². The van der Waals surface area contributed by atoms with E-state index in [1.807, 2.05) is 0 Å². The molecule has 0 aromatic rings. The third-order valence-electron chi connectivity index (χ3n) is 1.83. The third-order valence-corrected chi connectivity index (χ3v) is 1.83. The maximum atomic E-state index is 11.0. The van der Waals surface area contributed by atoms with Gasteiger partial charge >= 0.3 is 5.97 Å². The van der Waals surface area contributed by atoms with E-state index in [4.69, 9.17) is 4.84 Å². The molecule has 5 heteroatoms. The minimum absolute atomic E-state index is 0. The van der Waals surface area contributed by atoms with E-state index in [9.17, 15) is 9.59 Å². The van der Waals surface area contributed by atoms with E-state index in [1.165, 1.54) is 14.2 Å². The van der Waals surface area contributed by atoms with E-state index in [0.29, 0.717) is 12.8 Å². The van der Waals surface area contributed by atoms with Gasteiger partial charge < -0.3 is 4.74 Å². The first-order valence-electron chi connectivity index (χ1n) is 3.64. The summed E-state index contributed by atoms with van der Waals surface area (Å²) in [6.07, 6.45) is 0.812. The average molecular weight is 189 g/mol. The zero-order chi connectivity index (χ0) is 9.14. The second-order valence-corrected chi connectivity index (χ2v) is 2.48. The quantitative estimate of drug-likeness (QED) is 0.588. The summed E-state index contributed by atoms with van der Waals surface area (Å²) in [7, 11) is 2.65. The molecule has 1 rings (SSSR count). The molecule has 1 unspecified atom stereocenters. The lowest BCUT2D eigenvalue weighted by Gasteiger charge is -2.18. The molecule has 0 aliphatic carbocycles. The van der Waals surface area contributed by atoms with Gasteiger partial charge in [0.25, 0.3) is 0 Å². The van der Waals surface area contributed by atoms with Gasteiger partial charge in [-0.15, -0.1) is 0 Å². The van der Waals surface area contributed by atoms with Crippen molar-refractivity contribution >= 4 is 11.9 Å². The molecule has 0 radical (unpaired) electrons. The number of ether oxygens (including phenoxy) is 1. The van der Waals surface area contributed by atoms with Crippen LogP contribution in [0.1, 0.15) is 20.3 Å². The molecule has 76 valence electrons. The van der Waals surface area contributed by atoms with Crippen LogP contribution < -0.4 is 0 Å². The Morgan fingerprint density at radius 3 is 2.62 bits per heavy atom. The van der Waals surface area contributed by atoms with Crippen molar-refractivity contribution in [3.05, 3.63) is 0 Å². The predicted molar refractivity (Wildman–Crippen MR) is 45.6 cm³/mol. The number of methoxy groups -OCH3 is 1. The van der Waals surface area contributed by atoms with E-state index in [1.54, 1.807) is 0 Å². The van der Waals surface area contributed by atoms with Crippen LogP contribution in [0.25, 0.3) is 0 Å². The number of nitrogens with zero attached hydrogens (tertiary/aromatic N) is 1. The summed E-state index contributed by atoms with van der Waals surface area (Å²) in [5.74, 6) is -0.601. The number of hydrogen-bond donors (Lipinski definition) is 0. The highest BCUT2D eigenvalue weighted by Crippen LogP contribution is 2.19. The van der Waals surface area contributed by atoms with Crippen molar-refractivity contribution in [2.45, 2.75) is 26.3 Å². The summed E-state index contributed by atoms with van der Waals surface area (Å²) in [5, 5.41) is 1.06. The minimum Gasteiger partial charge on any atom is -0.467 e. The molecular weight excluding hydrogens is 174 g/mol. The SMILES string of the molecule is C.COC(=O)C1CCC(=O)N1OC. The van der Waals surface area contributed by atoms with E-state index >= 15 is 0 Å². The van der Waals surface area contributed by atoms with Crippen LogP contribution in [0.4, 0.5) is 0 Å². The summed E-state index contributed by atoms with van der Waals surface area (Å²) in [6.45, 7) is 0. The monoisotopic (exact) mass is 189 g/mol. The highest BCUT2D eigenvalue weighted by molar-refractivity contribution is 5.87. The summed E-state index contributed by atoms with van der Waals surface area (Å²) >= 11 is 0. The molecule has 0 N–H and O–H groups in total. The Kier molecular flexibility index (Phi) is 4.40. The summed E-state index contributed by atoms with van der Waals surface area (Å²) in [4.78, 5) is 26.8. The van der Waals surface area contributed by atoms with Gasteiger partial charge in [0.2, 0.25) is 5.91 Å². The highest BCUT2D eigenvalue weighted by Gasteiger charge is 2.37. The molecule has 1 saturated heterocycles. The van der Waals surface area contributed by atoms with Crippen molar-refractivity contribution in [3.8, 4) is 0 Å². The van der Waals surface area contributed by atoms with Crippen LogP contribution in [0, 0.1) is 0 Å². The summed E-state index contributed by atoms with van der Waals surface area (Å²) in [5.41, 5.74) is 0. The Morgan fingerprint density at radius 2 is 2.15 bits per heavy atom. The van der Waals surface area contributed by atoms with Gasteiger partial charge in [0.15, 0.2) is 6.04 Å². The van der Waals surface area contributed by atoms with Gasteiger partial charge in [-0.3, -0.25) is 9.63 Å². The van der Waals surface area contributed by atoms with Gasteiger partial charge in [0.05, 0.1) is 14.2 Å². The van der Waals surface area contributed by atoms with Crippen LogP contribution in [0.15, 0.2) is 0 Å².